The summed E-state index contributed by atoms with van der Waals surface area (Å²) in [5.74, 6) is -0.155. The fraction of sp³-hybridized carbons (Fsp3) is 0.250. The highest BCUT2D eigenvalue weighted by molar-refractivity contribution is 7.12. The lowest BCUT2D eigenvalue weighted by Crippen LogP contribution is -2.26. The highest BCUT2D eigenvalue weighted by Crippen LogP contribution is 2.26. The molecule has 2 aromatic rings. The predicted molar refractivity (Wildman–Crippen MR) is 80.8 cm³/mol. The van der Waals surface area contributed by atoms with E-state index in [1.807, 2.05) is 13.0 Å². The summed E-state index contributed by atoms with van der Waals surface area (Å²) in [4.78, 5) is 14.7. The molecule has 3 nitrogen and oxygen atoms in total. The molecule has 0 aliphatic carbocycles. The molecule has 1 heterocycles. The highest BCUT2D eigenvalue weighted by Gasteiger charge is 2.15. The van der Waals surface area contributed by atoms with E-state index in [0.717, 1.165) is 5.56 Å². The van der Waals surface area contributed by atoms with E-state index in [0.29, 0.717) is 11.1 Å². The Balaban J connectivity index is 2.15. The van der Waals surface area contributed by atoms with Crippen molar-refractivity contribution in [3.05, 3.63) is 56.8 Å². The summed E-state index contributed by atoms with van der Waals surface area (Å²) in [7, 11) is 0. The molecule has 102 valence electrons. The number of nitrogens with zero attached hydrogens (tertiary/aromatic N) is 1. The number of aryl methyl sites for hydroxylation is 2. The molecule has 0 bridgehead atoms. The van der Waals surface area contributed by atoms with Crippen molar-refractivity contribution in [3.8, 4) is 6.07 Å². The first-order chi connectivity index (χ1) is 9.51. The SMILES string of the molecule is Cc1cc(C(C)NC(=O)c2cccc(C#N)c2)c(C)s1. The van der Waals surface area contributed by atoms with Crippen LogP contribution in [0.3, 0.4) is 0 Å². The van der Waals surface area contributed by atoms with Gasteiger partial charge in [0.25, 0.3) is 5.91 Å². The molecule has 1 unspecified atom stereocenters. The van der Waals surface area contributed by atoms with E-state index in [1.165, 1.54) is 9.75 Å². The van der Waals surface area contributed by atoms with E-state index in [2.05, 4.69) is 25.2 Å². The summed E-state index contributed by atoms with van der Waals surface area (Å²) in [6.45, 7) is 6.10. The Bertz CT molecular complexity index is 682. The number of hydrogen-bond donors (Lipinski definition) is 1. The van der Waals surface area contributed by atoms with Gasteiger partial charge < -0.3 is 5.32 Å². The average molecular weight is 284 g/mol. The van der Waals surface area contributed by atoms with Crippen molar-refractivity contribution in [3.63, 3.8) is 0 Å². The van der Waals surface area contributed by atoms with Crippen LogP contribution in [0.5, 0.6) is 0 Å². The lowest BCUT2D eigenvalue weighted by atomic mass is 10.1. The number of benzene rings is 1. The van der Waals surface area contributed by atoms with E-state index in [-0.39, 0.29) is 11.9 Å². The molecular weight excluding hydrogens is 268 g/mol. The maximum atomic E-state index is 12.2. The van der Waals surface area contributed by atoms with Gasteiger partial charge in [-0.1, -0.05) is 6.07 Å². The second kappa shape index (κ2) is 5.89. The molecule has 0 saturated carbocycles. The van der Waals surface area contributed by atoms with Crippen molar-refractivity contribution in [2.24, 2.45) is 0 Å². The minimum atomic E-state index is -0.155. The minimum absolute atomic E-state index is 0.0433. The maximum absolute atomic E-state index is 12.2. The zero-order chi connectivity index (χ0) is 14.7. The molecular formula is C16H16N2OS. The standard InChI is InChI=1S/C16H16N2OS/c1-10-7-15(12(3)20-10)11(2)18-16(19)14-6-4-5-13(8-14)9-17/h4-8,11H,1-3H3,(H,18,19). The second-order valence-corrected chi connectivity index (χ2v) is 6.22. The second-order valence-electron chi connectivity index (χ2n) is 4.76. The number of nitrogens with one attached hydrogen (secondary N) is 1. The fourth-order valence-electron chi connectivity index (χ4n) is 2.17. The predicted octanol–water partition coefficient (Wildman–Crippen LogP) is 3.73. The van der Waals surface area contributed by atoms with E-state index in [4.69, 9.17) is 5.26 Å². The lowest BCUT2D eigenvalue weighted by molar-refractivity contribution is 0.0940. The molecule has 0 aliphatic heterocycles. The Morgan fingerprint density at radius 3 is 2.70 bits per heavy atom. The van der Waals surface area contributed by atoms with Crippen molar-refractivity contribution >= 4 is 17.2 Å². The Kier molecular flexibility index (Phi) is 4.21. The summed E-state index contributed by atoms with van der Waals surface area (Å²) in [6.07, 6.45) is 0. The Morgan fingerprint density at radius 2 is 2.10 bits per heavy atom. The normalized spacial score (nSPS) is 11.7. The van der Waals surface area contributed by atoms with Gasteiger partial charge in [0, 0.05) is 15.3 Å². The molecule has 1 aromatic heterocycles. The van der Waals surface area contributed by atoms with Crippen molar-refractivity contribution in [1.29, 1.82) is 5.26 Å². The van der Waals surface area contributed by atoms with Crippen LogP contribution in [0.4, 0.5) is 0 Å². The van der Waals surface area contributed by atoms with E-state index < -0.39 is 0 Å². The van der Waals surface area contributed by atoms with Crippen molar-refractivity contribution in [1.82, 2.24) is 5.32 Å². The van der Waals surface area contributed by atoms with Gasteiger partial charge in [-0.15, -0.1) is 11.3 Å². The summed E-state index contributed by atoms with van der Waals surface area (Å²) in [5, 5.41) is 11.8. The number of nitriles is 1. The van der Waals surface area contributed by atoms with Gasteiger partial charge in [-0.3, -0.25) is 4.79 Å². The smallest absolute Gasteiger partial charge is 0.251 e. The van der Waals surface area contributed by atoms with E-state index in [9.17, 15) is 4.79 Å². The van der Waals surface area contributed by atoms with Crippen LogP contribution in [-0.2, 0) is 0 Å². The fourth-order valence-corrected chi connectivity index (χ4v) is 3.19. The molecule has 4 heteroatoms. The number of carbonyl (C=O) groups excluding carboxylic acids is 1. The van der Waals surface area contributed by atoms with Crippen LogP contribution < -0.4 is 5.32 Å². The third-order valence-electron chi connectivity index (χ3n) is 3.15. The molecule has 0 aliphatic rings. The third kappa shape index (κ3) is 3.06. The van der Waals surface area contributed by atoms with Gasteiger partial charge in [0.05, 0.1) is 17.7 Å². The van der Waals surface area contributed by atoms with Crippen LogP contribution in [0.25, 0.3) is 0 Å². The number of hydrogen-bond acceptors (Lipinski definition) is 3. The quantitative estimate of drug-likeness (QED) is 0.933. The van der Waals surface area contributed by atoms with Crippen molar-refractivity contribution in [2.75, 3.05) is 0 Å². The van der Waals surface area contributed by atoms with Crippen LogP contribution in [0, 0.1) is 25.2 Å². The van der Waals surface area contributed by atoms with Crippen LogP contribution in [-0.4, -0.2) is 5.91 Å². The molecule has 0 saturated heterocycles. The Morgan fingerprint density at radius 1 is 1.35 bits per heavy atom. The molecule has 0 spiro atoms. The lowest BCUT2D eigenvalue weighted by Gasteiger charge is -2.14. The first-order valence-electron chi connectivity index (χ1n) is 6.39. The zero-order valence-electron chi connectivity index (χ0n) is 11.7. The van der Waals surface area contributed by atoms with Crippen LogP contribution in [0.2, 0.25) is 0 Å². The van der Waals surface area contributed by atoms with E-state index in [1.54, 1.807) is 35.6 Å². The number of carbonyl (C=O) groups is 1. The minimum Gasteiger partial charge on any atom is -0.345 e. The molecule has 1 atom stereocenters. The van der Waals surface area contributed by atoms with Gasteiger partial charge in [-0.25, -0.2) is 0 Å². The number of rotatable bonds is 3. The van der Waals surface area contributed by atoms with Gasteiger partial charge in [0.1, 0.15) is 0 Å². The van der Waals surface area contributed by atoms with Crippen LogP contribution in [0.15, 0.2) is 30.3 Å². The molecule has 1 aromatic carbocycles. The summed E-state index contributed by atoms with van der Waals surface area (Å²) >= 11 is 1.73. The average Bonchev–Trinajstić information content (AvgIpc) is 2.77. The summed E-state index contributed by atoms with van der Waals surface area (Å²) in [6, 6.07) is 10.8. The number of amides is 1. The highest BCUT2D eigenvalue weighted by atomic mass is 32.1. The van der Waals surface area contributed by atoms with E-state index >= 15 is 0 Å². The maximum Gasteiger partial charge on any atom is 0.251 e. The Hall–Kier alpha value is -2.12. The van der Waals surface area contributed by atoms with Gasteiger partial charge in [0.2, 0.25) is 0 Å². The van der Waals surface area contributed by atoms with Crippen LogP contribution >= 0.6 is 11.3 Å². The topological polar surface area (TPSA) is 52.9 Å². The third-order valence-corrected chi connectivity index (χ3v) is 4.13. The summed E-state index contributed by atoms with van der Waals surface area (Å²) in [5.41, 5.74) is 2.16. The molecule has 2 rings (SSSR count). The summed E-state index contributed by atoms with van der Waals surface area (Å²) < 4.78 is 0. The Labute approximate surface area is 122 Å². The van der Waals surface area contributed by atoms with Gasteiger partial charge in [-0.2, -0.15) is 5.26 Å². The molecule has 0 fully saturated rings. The van der Waals surface area contributed by atoms with Crippen molar-refractivity contribution < 1.29 is 4.79 Å². The zero-order valence-corrected chi connectivity index (χ0v) is 12.5. The number of thiophene rings is 1. The largest absolute Gasteiger partial charge is 0.345 e. The molecule has 0 radical (unpaired) electrons. The van der Waals surface area contributed by atoms with Gasteiger partial charge in [-0.05, 0) is 50.6 Å². The van der Waals surface area contributed by atoms with Crippen molar-refractivity contribution in [2.45, 2.75) is 26.8 Å². The van der Waals surface area contributed by atoms with Gasteiger partial charge in [0.15, 0.2) is 0 Å². The molecule has 1 N–H and O–H groups in total. The molecule has 1 amide bonds. The first kappa shape index (κ1) is 14.3. The van der Waals surface area contributed by atoms with Gasteiger partial charge >= 0.3 is 0 Å². The van der Waals surface area contributed by atoms with Crippen LogP contribution in [0.1, 0.15) is 44.2 Å². The first-order valence-corrected chi connectivity index (χ1v) is 7.21. The molecule has 20 heavy (non-hydrogen) atoms. The monoisotopic (exact) mass is 284 g/mol.